The summed E-state index contributed by atoms with van der Waals surface area (Å²) < 4.78 is 0. The van der Waals surface area contributed by atoms with E-state index in [1.54, 1.807) is 6.07 Å². The van der Waals surface area contributed by atoms with E-state index in [9.17, 15) is 4.79 Å². The highest BCUT2D eigenvalue weighted by Crippen LogP contribution is 2.33. The van der Waals surface area contributed by atoms with Crippen LogP contribution in [0.15, 0.2) is 18.2 Å². The van der Waals surface area contributed by atoms with Gasteiger partial charge in [-0.25, -0.2) is 0 Å². The standard InChI is InChI=1S/C10H11ClN2O/c1-12-5-8-7-3-2-6(11)4-9(7)13-10(8)14/h2-4,8,12H,5H2,1H3,(H,13,14). The number of fused-ring (bicyclic) bond motifs is 1. The molecular weight excluding hydrogens is 200 g/mol. The van der Waals surface area contributed by atoms with Gasteiger partial charge in [0.2, 0.25) is 5.91 Å². The van der Waals surface area contributed by atoms with Crippen LogP contribution in [-0.4, -0.2) is 19.5 Å². The fraction of sp³-hybridized carbons (Fsp3) is 0.300. The molecule has 1 aliphatic rings. The van der Waals surface area contributed by atoms with Crippen molar-refractivity contribution in [3.63, 3.8) is 0 Å². The topological polar surface area (TPSA) is 41.1 Å². The van der Waals surface area contributed by atoms with E-state index in [0.29, 0.717) is 11.6 Å². The quantitative estimate of drug-likeness (QED) is 0.779. The van der Waals surface area contributed by atoms with Gasteiger partial charge < -0.3 is 10.6 Å². The van der Waals surface area contributed by atoms with Crippen molar-refractivity contribution in [2.75, 3.05) is 18.9 Å². The largest absolute Gasteiger partial charge is 0.325 e. The summed E-state index contributed by atoms with van der Waals surface area (Å²) in [6.45, 7) is 0.653. The summed E-state index contributed by atoms with van der Waals surface area (Å²) in [4.78, 5) is 11.5. The first-order valence-corrected chi connectivity index (χ1v) is 4.85. The van der Waals surface area contributed by atoms with E-state index < -0.39 is 0 Å². The van der Waals surface area contributed by atoms with Gasteiger partial charge in [-0.05, 0) is 24.7 Å². The Labute approximate surface area is 87.4 Å². The van der Waals surface area contributed by atoms with Crippen molar-refractivity contribution in [2.24, 2.45) is 0 Å². The van der Waals surface area contributed by atoms with Crippen LogP contribution in [0.2, 0.25) is 5.02 Å². The molecule has 1 aliphatic heterocycles. The van der Waals surface area contributed by atoms with Crippen LogP contribution in [0.4, 0.5) is 5.69 Å². The minimum Gasteiger partial charge on any atom is -0.325 e. The lowest BCUT2D eigenvalue weighted by atomic mass is 10.0. The highest BCUT2D eigenvalue weighted by atomic mass is 35.5. The monoisotopic (exact) mass is 210 g/mol. The third-order valence-electron chi connectivity index (χ3n) is 2.37. The van der Waals surface area contributed by atoms with E-state index in [1.807, 2.05) is 19.2 Å². The van der Waals surface area contributed by atoms with Crippen molar-refractivity contribution in [2.45, 2.75) is 5.92 Å². The fourth-order valence-electron chi connectivity index (χ4n) is 1.71. The van der Waals surface area contributed by atoms with E-state index in [0.717, 1.165) is 11.3 Å². The second-order valence-corrected chi connectivity index (χ2v) is 3.77. The summed E-state index contributed by atoms with van der Waals surface area (Å²) in [5.74, 6) is -0.0520. The lowest BCUT2D eigenvalue weighted by Gasteiger charge is -2.06. The minimum absolute atomic E-state index is 0.0385. The summed E-state index contributed by atoms with van der Waals surface area (Å²) in [6, 6.07) is 5.49. The second-order valence-electron chi connectivity index (χ2n) is 3.33. The molecule has 0 radical (unpaired) electrons. The first-order valence-electron chi connectivity index (χ1n) is 4.47. The van der Waals surface area contributed by atoms with E-state index in [4.69, 9.17) is 11.6 Å². The molecule has 0 saturated heterocycles. The van der Waals surface area contributed by atoms with Crippen LogP contribution in [0, 0.1) is 0 Å². The zero-order chi connectivity index (χ0) is 10.1. The second kappa shape index (κ2) is 3.59. The summed E-state index contributed by atoms with van der Waals surface area (Å²) in [5.41, 5.74) is 1.86. The first kappa shape index (κ1) is 9.49. The first-order chi connectivity index (χ1) is 6.72. The SMILES string of the molecule is CNCC1C(=O)Nc2cc(Cl)ccc21. The van der Waals surface area contributed by atoms with Crippen molar-refractivity contribution in [1.29, 1.82) is 0 Å². The molecule has 1 amide bonds. The predicted molar refractivity (Wildman–Crippen MR) is 56.7 cm³/mol. The van der Waals surface area contributed by atoms with Gasteiger partial charge in [0.05, 0.1) is 5.92 Å². The lowest BCUT2D eigenvalue weighted by molar-refractivity contribution is -0.116. The number of anilines is 1. The Balaban J connectivity index is 2.37. The third-order valence-corrected chi connectivity index (χ3v) is 2.61. The van der Waals surface area contributed by atoms with Gasteiger partial charge in [-0.3, -0.25) is 4.79 Å². The zero-order valence-electron chi connectivity index (χ0n) is 7.80. The fourth-order valence-corrected chi connectivity index (χ4v) is 1.88. The van der Waals surface area contributed by atoms with Crippen LogP contribution in [0.1, 0.15) is 11.5 Å². The maximum atomic E-state index is 11.5. The molecule has 0 fully saturated rings. The Bertz CT molecular complexity index is 378. The van der Waals surface area contributed by atoms with Gasteiger partial charge >= 0.3 is 0 Å². The molecule has 4 heteroatoms. The molecule has 1 aromatic rings. The van der Waals surface area contributed by atoms with Gasteiger partial charge in [0.1, 0.15) is 0 Å². The van der Waals surface area contributed by atoms with Gasteiger partial charge in [-0.2, -0.15) is 0 Å². The highest BCUT2D eigenvalue weighted by Gasteiger charge is 2.29. The number of likely N-dealkylation sites (N-methyl/N-ethyl adjacent to an activating group) is 1. The number of hydrogen-bond donors (Lipinski definition) is 2. The summed E-state index contributed by atoms with van der Waals surface area (Å²) in [7, 11) is 1.83. The molecule has 2 rings (SSSR count). The lowest BCUT2D eigenvalue weighted by Crippen LogP contribution is -2.23. The number of nitrogens with one attached hydrogen (secondary N) is 2. The third kappa shape index (κ3) is 1.49. The van der Waals surface area contributed by atoms with Crippen LogP contribution >= 0.6 is 11.6 Å². The maximum Gasteiger partial charge on any atom is 0.233 e. The minimum atomic E-state index is -0.0905. The van der Waals surface area contributed by atoms with Crippen molar-refractivity contribution < 1.29 is 4.79 Å². The molecule has 1 heterocycles. The predicted octanol–water partition coefficient (Wildman–Crippen LogP) is 1.60. The Morgan fingerprint density at radius 1 is 1.57 bits per heavy atom. The number of carbonyl (C=O) groups is 1. The molecule has 1 atom stereocenters. The summed E-state index contributed by atoms with van der Waals surface area (Å²) in [5, 5.41) is 6.46. The number of amides is 1. The zero-order valence-corrected chi connectivity index (χ0v) is 8.56. The molecule has 14 heavy (non-hydrogen) atoms. The molecule has 1 unspecified atom stereocenters. The highest BCUT2D eigenvalue weighted by molar-refractivity contribution is 6.31. The van der Waals surface area contributed by atoms with E-state index in [1.165, 1.54) is 0 Å². The molecule has 3 nitrogen and oxygen atoms in total. The normalized spacial score (nSPS) is 19.3. The van der Waals surface area contributed by atoms with E-state index >= 15 is 0 Å². The number of carbonyl (C=O) groups excluding carboxylic acids is 1. The number of benzene rings is 1. The van der Waals surface area contributed by atoms with Crippen molar-refractivity contribution in [1.82, 2.24) is 5.32 Å². The Morgan fingerprint density at radius 2 is 2.36 bits per heavy atom. The van der Waals surface area contributed by atoms with Crippen LogP contribution < -0.4 is 10.6 Å². The van der Waals surface area contributed by atoms with Crippen molar-refractivity contribution >= 4 is 23.2 Å². The summed E-state index contributed by atoms with van der Waals surface area (Å²) in [6.07, 6.45) is 0. The molecule has 0 bridgehead atoms. The van der Waals surface area contributed by atoms with Crippen LogP contribution in [0.3, 0.4) is 0 Å². The van der Waals surface area contributed by atoms with Crippen LogP contribution in [0.5, 0.6) is 0 Å². The Morgan fingerprint density at radius 3 is 3.07 bits per heavy atom. The van der Waals surface area contributed by atoms with Gasteiger partial charge in [-0.15, -0.1) is 0 Å². The molecule has 0 saturated carbocycles. The van der Waals surface area contributed by atoms with Gasteiger partial charge in [0.25, 0.3) is 0 Å². The van der Waals surface area contributed by atoms with E-state index in [-0.39, 0.29) is 11.8 Å². The number of rotatable bonds is 2. The van der Waals surface area contributed by atoms with Crippen LogP contribution in [-0.2, 0) is 4.79 Å². The van der Waals surface area contributed by atoms with Gasteiger partial charge in [-0.1, -0.05) is 17.7 Å². The smallest absolute Gasteiger partial charge is 0.233 e. The van der Waals surface area contributed by atoms with Crippen molar-refractivity contribution in [3.8, 4) is 0 Å². The number of hydrogen-bond acceptors (Lipinski definition) is 2. The maximum absolute atomic E-state index is 11.5. The Kier molecular flexibility index (Phi) is 2.44. The molecule has 2 N–H and O–H groups in total. The molecular formula is C10H11ClN2O. The molecule has 0 spiro atoms. The average molecular weight is 211 g/mol. The van der Waals surface area contributed by atoms with Crippen LogP contribution in [0.25, 0.3) is 0 Å². The molecule has 74 valence electrons. The van der Waals surface area contributed by atoms with E-state index in [2.05, 4.69) is 10.6 Å². The average Bonchev–Trinajstić information content (AvgIpc) is 2.43. The van der Waals surface area contributed by atoms with Gasteiger partial charge in [0.15, 0.2) is 0 Å². The molecule has 0 aromatic heterocycles. The Hall–Kier alpha value is -1.06. The number of halogens is 1. The molecule has 0 aliphatic carbocycles. The van der Waals surface area contributed by atoms with Crippen molar-refractivity contribution in [3.05, 3.63) is 28.8 Å². The summed E-state index contributed by atoms with van der Waals surface area (Å²) >= 11 is 5.83. The molecule has 1 aromatic carbocycles. The van der Waals surface area contributed by atoms with Gasteiger partial charge in [0, 0.05) is 17.3 Å².